The number of likely N-dealkylation sites (tertiary alicyclic amines) is 1. The van der Waals surface area contributed by atoms with Crippen LogP contribution < -0.4 is 11.1 Å². The van der Waals surface area contributed by atoms with Crippen molar-refractivity contribution in [2.75, 3.05) is 13.1 Å². The van der Waals surface area contributed by atoms with Crippen molar-refractivity contribution in [1.29, 1.82) is 0 Å². The van der Waals surface area contributed by atoms with E-state index in [9.17, 15) is 19.2 Å². The van der Waals surface area contributed by atoms with Crippen molar-refractivity contribution < 1.29 is 23.9 Å². The summed E-state index contributed by atoms with van der Waals surface area (Å²) in [5.74, 6) is -2.48. The number of nitrogens with one attached hydrogen (secondary N) is 1. The molecule has 8 heteroatoms. The quantitative estimate of drug-likeness (QED) is 0.685. The second kappa shape index (κ2) is 9.16. The summed E-state index contributed by atoms with van der Waals surface area (Å²) in [7, 11) is 0. The Morgan fingerprint density at radius 3 is 2.52 bits per heavy atom. The van der Waals surface area contributed by atoms with Crippen molar-refractivity contribution in [2.45, 2.75) is 32.8 Å². The molecule has 146 valence electrons. The van der Waals surface area contributed by atoms with E-state index in [0.717, 1.165) is 5.56 Å². The first-order valence-electron chi connectivity index (χ1n) is 8.90. The van der Waals surface area contributed by atoms with Gasteiger partial charge in [-0.15, -0.1) is 0 Å². The molecule has 1 saturated heterocycles. The van der Waals surface area contributed by atoms with Crippen LogP contribution in [0.25, 0.3) is 0 Å². The van der Waals surface area contributed by atoms with Crippen LogP contribution in [0.3, 0.4) is 0 Å². The molecule has 0 spiro atoms. The second-order valence-electron chi connectivity index (χ2n) is 6.93. The highest BCUT2D eigenvalue weighted by Gasteiger charge is 2.37. The van der Waals surface area contributed by atoms with Gasteiger partial charge in [0.25, 0.3) is 5.91 Å². The van der Waals surface area contributed by atoms with E-state index in [-0.39, 0.29) is 24.8 Å². The molecule has 2 atom stereocenters. The topological polar surface area (TPSA) is 119 Å². The minimum Gasteiger partial charge on any atom is -0.452 e. The first-order valence-corrected chi connectivity index (χ1v) is 8.90. The highest BCUT2D eigenvalue weighted by Crippen LogP contribution is 2.21. The Balaban J connectivity index is 1.91. The van der Waals surface area contributed by atoms with Gasteiger partial charge in [0.15, 0.2) is 6.10 Å². The summed E-state index contributed by atoms with van der Waals surface area (Å²) in [6.45, 7) is 4.14. The lowest BCUT2D eigenvalue weighted by molar-refractivity contribution is -0.162. The van der Waals surface area contributed by atoms with Gasteiger partial charge in [0.2, 0.25) is 5.91 Å². The molecule has 3 N–H and O–H groups in total. The van der Waals surface area contributed by atoms with E-state index in [1.54, 1.807) is 18.7 Å². The number of esters is 1. The number of hydrogen-bond acceptors (Lipinski definition) is 5. The summed E-state index contributed by atoms with van der Waals surface area (Å²) in [5.41, 5.74) is 6.05. The highest BCUT2D eigenvalue weighted by molar-refractivity contribution is 5.97. The van der Waals surface area contributed by atoms with Gasteiger partial charge in [0.05, 0.1) is 5.92 Å². The maximum Gasteiger partial charge on any atom is 0.318 e. The minimum atomic E-state index is -1.14. The smallest absolute Gasteiger partial charge is 0.318 e. The molecule has 2 rings (SSSR count). The molecule has 1 aliphatic rings. The molecule has 0 aromatic heterocycles. The minimum absolute atomic E-state index is 0.0515. The molecule has 4 amide bonds. The van der Waals surface area contributed by atoms with E-state index in [2.05, 4.69) is 0 Å². The van der Waals surface area contributed by atoms with E-state index in [0.29, 0.717) is 13.0 Å². The summed E-state index contributed by atoms with van der Waals surface area (Å²) >= 11 is 0. The fraction of sp³-hybridized carbons (Fsp3) is 0.474. The fourth-order valence-electron chi connectivity index (χ4n) is 2.96. The maximum absolute atomic E-state index is 12.4. The highest BCUT2D eigenvalue weighted by atomic mass is 16.5. The first-order chi connectivity index (χ1) is 12.8. The summed E-state index contributed by atoms with van der Waals surface area (Å²) < 4.78 is 5.28. The summed E-state index contributed by atoms with van der Waals surface area (Å²) in [5, 5.41) is 1.92. The van der Waals surface area contributed by atoms with Gasteiger partial charge in [-0.2, -0.15) is 0 Å². The van der Waals surface area contributed by atoms with Gasteiger partial charge in [0.1, 0.15) is 0 Å². The van der Waals surface area contributed by atoms with Gasteiger partial charge in [-0.1, -0.05) is 44.2 Å². The molecule has 8 nitrogen and oxygen atoms in total. The third-order valence-corrected chi connectivity index (χ3v) is 4.41. The van der Waals surface area contributed by atoms with E-state index in [1.807, 2.05) is 35.6 Å². The van der Waals surface area contributed by atoms with E-state index >= 15 is 0 Å². The Bertz CT molecular complexity index is 705. The van der Waals surface area contributed by atoms with Crippen LogP contribution in [-0.4, -0.2) is 47.9 Å². The average Bonchev–Trinajstić information content (AvgIpc) is 2.98. The van der Waals surface area contributed by atoms with Crippen LogP contribution in [0.2, 0.25) is 0 Å². The lowest BCUT2D eigenvalue weighted by Gasteiger charge is -2.22. The monoisotopic (exact) mass is 375 g/mol. The van der Waals surface area contributed by atoms with Crippen molar-refractivity contribution in [3.8, 4) is 0 Å². The Morgan fingerprint density at radius 2 is 1.93 bits per heavy atom. The van der Waals surface area contributed by atoms with Crippen molar-refractivity contribution in [3.05, 3.63) is 35.9 Å². The summed E-state index contributed by atoms with van der Waals surface area (Å²) in [6, 6.07) is 8.75. The number of hydrogen-bond donors (Lipinski definition) is 2. The third kappa shape index (κ3) is 5.80. The molecule has 1 fully saturated rings. The Kier molecular flexibility index (Phi) is 6.92. The van der Waals surface area contributed by atoms with E-state index < -0.39 is 29.9 Å². The van der Waals surface area contributed by atoms with Gasteiger partial charge >= 0.3 is 12.0 Å². The van der Waals surface area contributed by atoms with E-state index in [4.69, 9.17) is 10.5 Å². The Hall–Kier alpha value is -2.90. The molecule has 1 aromatic rings. The molecule has 0 bridgehead atoms. The van der Waals surface area contributed by atoms with Gasteiger partial charge in [-0.3, -0.25) is 19.7 Å². The fourth-order valence-corrected chi connectivity index (χ4v) is 2.96. The second-order valence-corrected chi connectivity index (χ2v) is 6.93. The Labute approximate surface area is 158 Å². The number of imide groups is 1. The average molecular weight is 375 g/mol. The maximum atomic E-state index is 12.4. The number of ether oxygens (including phenoxy) is 1. The zero-order valence-corrected chi connectivity index (χ0v) is 15.5. The zero-order valence-electron chi connectivity index (χ0n) is 15.5. The largest absolute Gasteiger partial charge is 0.452 e. The number of urea groups is 1. The number of carbonyl (C=O) groups is 4. The van der Waals surface area contributed by atoms with E-state index in [1.165, 1.54) is 0 Å². The molecule has 1 aromatic carbocycles. The van der Waals surface area contributed by atoms with Crippen molar-refractivity contribution >= 4 is 23.8 Å². The normalized spacial score (nSPS) is 17.7. The van der Waals surface area contributed by atoms with Gasteiger partial charge < -0.3 is 15.4 Å². The van der Waals surface area contributed by atoms with Crippen LogP contribution in [0.1, 0.15) is 25.8 Å². The lowest BCUT2D eigenvalue weighted by atomic mass is 10.1. The molecule has 0 saturated carbocycles. The van der Waals surface area contributed by atoms with Gasteiger partial charge in [-0.05, 0) is 17.9 Å². The molecule has 0 radical (unpaired) electrons. The van der Waals surface area contributed by atoms with Crippen LogP contribution in [0.4, 0.5) is 4.79 Å². The molecule has 27 heavy (non-hydrogen) atoms. The molecule has 1 heterocycles. The number of nitrogens with two attached hydrogens (primary N) is 1. The van der Waals surface area contributed by atoms with Crippen LogP contribution in [0.15, 0.2) is 30.3 Å². The van der Waals surface area contributed by atoms with Crippen LogP contribution >= 0.6 is 0 Å². The lowest BCUT2D eigenvalue weighted by Crippen LogP contribution is -2.46. The summed E-state index contributed by atoms with van der Waals surface area (Å²) in [6.07, 6.45) is -0.390. The number of primary amides is 1. The third-order valence-electron chi connectivity index (χ3n) is 4.41. The number of rotatable bonds is 7. The first kappa shape index (κ1) is 20.4. The Morgan fingerprint density at radius 1 is 1.26 bits per heavy atom. The van der Waals surface area contributed by atoms with Crippen molar-refractivity contribution in [1.82, 2.24) is 10.2 Å². The van der Waals surface area contributed by atoms with Crippen LogP contribution in [0.5, 0.6) is 0 Å². The summed E-state index contributed by atoms with van der Waals surface area (Å²) in [4.78, 5) is 49.1. The number of nitrogens with zero attached hydrogens (tertiary/aromatic N) is 1. The number of benzene rings is 1. The predicted molar refractivity (Wildman–Crippen MR) is 97.3 cm³/mol. The predicted octanol–water partition coefficient (Wildman–Crippen LogP) is 0.840. The molecule has 1 aliphatic heterocycles. The molecule has 0 aliphatic carbocycles. The SMILES string of the molecule is CC(C)[C@@H](OC(=O)[C@H]1CC(=O)N(CCc2ccccc2)C1)C(=O)NC(N)=O. The van der Waals surface area contributed by atoms with Gasteiger partial charge in [0, 0.05) is 19.5 Å². The number of carbonyl (C=O) groups excluding carboxylic acids is 4. The van der Waals surface area contributed by atoms with Crippen molar-refractivity contribution in [2.24, 2.45) is 17.6 Å². The van der Waals surface area contributed by atoms with Crippen LogP contribution in [-0.2, 0) is 25.5 Å². The zero-order chi connectivity index (χ0) is 20.0. The standard InChI is InChI=1S/C19H25N3O5/c1-12(2)16(17(24)21-19(20)26)27-18(25)14-10-15(23)22(11-14)9-8-13-6-4-3-5-7-13/h3-7,12,14,16H,8-11H2,1-2H3,(H3,20,21,24,26)/t14-,16+/m0/s1. The van der Waals surface area contributed by atoms with Crippen molar-refractivity contribution in [3.63, 3.8) is 0 Å². The van der Waals surface area contributed by atoms with Crippen LogP contribution in [0, 0.1) is 11.8 Å². The number of amides is 4. The molecular formula is C19H25N3O5. The van der Waals surface area contributed by atoms with Gasteiger partial charge in [-0.25, -0.2) is 4.79 Å². The molecular weight excluding hydrogens is 350 g/mol. The molecule has 0 unspecified atom stereocenters.